The first-order valence-electron chi connectivity index (χ1n) is 9.99. The number of anilines is 1. The summed E-state index contributed by atoms with van der Waals surface area (Å²) < 4.78 is 27.2. The number of rotatable bonds is 5. The van der Waals surface area contributed by atoms with Crippen molar-refractivity contribution in [1.29, 1.82) is 0 Å². The quantitative estimate of drug-likeness (QED) is 0.538. The van der Waals surface area contributed by atoms with E-state index in [0.29, 0.717) is 52.6 Å². The van der Waals surface area contributed by atoms with Gasteiger partial charge < -0.3 is 29.0 Å². The fraction of sp³-hybridized carbons (Fsp3) is 0.304. The van der Waals surface area contributed by atoms with E-state index in [-0.39, 0.29) is 0 Å². The largest absolute Gasteiger partial charge is 0.493 e. The summed E-state index contributed by atoms with van der Waals surface area (Å²) in [6.07, 6.45) is 0. The number of allylic oxidation sites excluding steroid dienone is 1. The predicted octanol–water partition coefficient (Wildman–Crippen LogP) is 3.36. The highest BCUT2D eigenvalue weighted by Crippen LogP contribution is 2.40. The summed E-state index contributed by atoms with van der Waals surface area (Å²) in [5.74, 6) is 1.99. The minimum Gasteiger partial charge on any atom is -0.493 e. The van der Waals surface area contributed by atoms with Crippen molar-refractivity contribution in [3.63, 3.8) is 0 Å². The maximum absolute atomic E-state index is 12.9. The molecule has 0 fully saturated rings. The Hall–Kier alpha value is -3.46. The Kier molecular flexibility index (Phi) is 6.09. The lowest BCUT2D eigenvalue weighted by Gasteiger charge is -2.37. The molecule has 0 radical (unpaired) electrons. The van der Waals surface area contributed by atoms with Crippen LogP contribution in [0.5, 0.6) is 23.0 Å². The highest BCUT2D eigenvalue weighted by Gasteiger charge is 2.36. The minimum atomic E-state index is -0.525. The van der Waals surface area contributed by atoms with Gasteiger partial charge in [-0.05, 0) is 49.0 Å². The third-order valence-electron chi connectivity index (χ3n) is 5.41. The molecule has 0 aliphatic carbocycles. The van der Waals surface area contributed by atoms with Gasteiger partial charge in [-0.1, -0.05) is 6.07 Å². The summed E-state index contributed by atoms with van der Waals surface area (Å²) in [4.78, 5) is 14.7. The van der Waals surface area contributed by atoms with Gasteiger partial charge in [-0.25, -0.2) is 4.79 Å². The molecule has 0 bridgehead atoms. The van der Waals surface area contributed by atoms with E-state index >= 15 is 0 Å². The number of nitrogens with one attached hydrogen (secondary N) is 1. The average molecular weight is 457 g/mol. The molecule has 0 aromatic heterocycles. The van der Waals surface area contributed by atoms with Gasteiger partial charge >= 0.3 is 5.97 Å². The van der Waals surface area contributed by atoms with Gasteiger partial charge in [0.25, 0.3) is 0 Å². The van der Waals surface area contributed by atoms with Gasteiger partial charge in [0.1, 0.15) is 13.2 Å². The molecule has 4 rings (SSSR count). The van der Waals surface area contributed by atoms with Crippen LogP contribution in [0, 0.1) is 0 Å². The number of thiocarbonyl (C=S) groups is 1. The number of hydrogen-bond donors (Lipinski definition) is 1. The molecule has 0 saturated heterocycles. The number of carbonyl (C=O) groups is 1. The van der Waals surface area contributed by atoms with Gasteiger partial charge in [-0.3, -0.25) is 4.90 Å². The van der Waals surface area contributed by atoms with E-state index in [1.54, 1.807) is 25.2 Å². The Morgan fingerprint density at radius 3 is 2.44 bits per heavy atom. The molecule has 1 N–H and O–H groups in total. The lowest BCUT2D eigenvalue weighted by Crippen LogP contribution is -2.48. The van der Waals surface area contributed by atoms with Gasteiger partial charge in [0.05, 0.1) is 38.6 Å². The molecule has 0 saturated carbocycles. The van der Waals surface area contributed by atoms with Gasteiger partial charge in [-0.2, -0.15) is 0 Å². The van der Waals surface area contributed by atoms with Crippen molar-refractivity contribution >= 4 is 29.0 Å². The smallest absolute Gasteiger partial charge is 0.337 e. The molecule has 168 valence electrons. The number of methoxy groups -OCH3 is 3. The lowest BCUT2D eigenvalue weighted by atomic mass is 9.94. The first-order valence-corrected chi connectivity index (χ1v) is 10.4. The summed E-state index contributed by atoms with van der Waals surface area (Å²) in [6.45, 7) is 2.82. The van der Waals surface area contributed by atoms with Crippen molar-refractivity contribution in [2.45, 2.75) is 13.0 Å². The Labute approximate surface area is 191 Å². The van der Waals surface area contributed by atoms with Crippen LogP contribution < -0.4 is 29.2 Å². The minimum absolute atomic E-state index is 0.434. The van der Waals surface area contributed by atoms with E-state index in [1.807, 2.05) is 37.3 Å². The summed E-state index contributed by atoms with van der Waals surface area (Å²) in [7, 11) is 4.49. The Morgan fingerprint density at radius 1 is 1.03 bits per heavy atom. The van der Waals surface area contributed by atoms with E-state index in [2.05, 4.69) is 5.32 Å². The zero-order valence-electron chi connectivity index (χ0n) is 18.3. The fourth-order valence-corrected chi connectivity index (χ4v) is 4.24. The van der Waals surface area contributed by atoms with Gasteiger partial charge in [0, 0.05) is 11.8 Å². The third kappa shape index (κ3) is 3.80. The zero-order chi connectivity index (χ0) is 22.8. The molecule has 2 aromatic rings. The molecule has 0 spiro atoms. The maximum Gasteiger partial charge on any atom is 0.337 e. The van der Waals surface area contributed by atoms with Crippen LogP contribution in [0.1, 0.15) is 18.5 Å². The molecule has 32 heavy (non-hydrogen) atoms. The molecule has 2 aliphatic heterocycles. The molecule has 2 aromatic carbocycles. The van der Waals surface area contributed by atoms with Crippen LogP contribution in [-0.2, 0) is 9.53 Å². The number of nitrogens with zero attached hydrogens (tertiary/aromatic N) is 1. The number of esters is 1. The summed E-state index contributed by atoms with van der Waals surface area (Å²) in [5, 5.41) is 3.71. The molecule has 8 nitrogen and oxygen atoms in total. The van der Waals surface area contributed by atoms with Crippen LogP contribution >= 0.6 is 12.2 Å². The second-order valence-corrected chi connectivity index (χ2v) is 7.54. The van der Waals surface area contributed by atoms with Crippen LogP contribution in [0.2, 0.25) is 0 Å². The van der Waals surface area contributed by atoms with Crippen molar-refractivity contribution < 1.29 is 28.5 Å². The van der Waals surface area contributed by atoms with Crippen LogP contribution in [0.3, 0.4) is 0 Å². The number of hydrogen-bond acceptors (Lipinski definition) is 7. The zero-order valence-corrected chi connectivity index (χ0v) is 19.1. The number of benzene rings is 2. The highest BCUT2D eigenvalue weighted by atomic mass is 32.1. The van der Waals surface area contributed by atoms with Crippen LogP contribution in [0.4, 0.5) is 5.69 Å². The molecule has 9 heteroatoms. The molecular formula is C23H24N2O6S. The van der Waals surface area contributed by atoms with Gasteiger partial charge in [0.15, 0.2) is 28.1 Å². The molecule has 1 atom stereocenters. The van der Waals surface area contributed by atoms with Crippen molar-refractivity contribution in [1.82, 2.24) is 5.32 Å². The standard InChI is InChI=1S/C23H24N2O6S/c1-13-20(22(26)29-4)21(14-5-7-16(27-2)18(11-14)28-3)24-23(32)25(13)15-6-8-17-19(12-15)31-10-9-30-17/h5-8,11-12,21H,9-10H2,1-4H3,(H,24,32). The third-order valence-corrected chi connectivity index (χ3v) is 5.72. The topological polar surface area (TPSA) is 78.5 Å². The van der Waals surface area contributed by atoms with E-state index in [0.717, 1.165) is 11.3 Å². The second-order valence-electron chi connectivity index (χ2n) is 7.15. The van der Waals surface area contributed by atoms with Crippen molar-refractivity contribution in [2.24, 2.45) is 0 Å². The van der Waals surface area contributed by atoms with E-state index in [1.165, 1.54) is 7.11 Å². The van der Waals surface area contributed by atoms with E-state index in [9.17, 15) is 4.79 Å². The first-order chi connectivity index (χ1) is 15.5. The van der Waals surface area contributed by atoms with Crippen LogP contribution in [0.15, 0.2) is 47.7 Å². The number of ether oxygens (including phenoxy) is 5. The Bertz CT molecular complexity index is 1100. The number of fused-ring (bicyclic) bond motifs is 1. The average Bonchev–Trinajstić information content (AvgIpc) is 2.82. The predicted molar refractivity (Wildman–Crippen MR) is 123 cm³/mol. The van der Waals surface area contributed by atoms with Crippen molar-refractivity contribution in [2.75, 3.05) is 39.4 Å². The summed E-state index contributed by atoms with van der Waals surface area (Å²) in [5.41, 5.74) is 2.61. The molecule has 2 aliphatic rings. The maximum atomic E-state index is 12.9. The molecule has 1 unspecified atom stereocenters. The van der Waals surface area contributed by atoms with E-state index in [4.69, 9.17) is 35.9 Å². The van der Waals surface area contributed by atoms with E-state index < -0.39 is 12.0 Å². The summed E-state index contributed by atoms with van der Waals surface area (Å²) in [6, 6.07) is 10.5. The van der Waals surface area contributed by atoms with Crippen LogP contribution in [0.25, 0.3) is 0 Å². The molecular weight excluding hydrogens is 432 g/mol. The monoisotopic (exact) mass is 456 g/mol. The van der Waals surface area contributed by atoms with Crippen molar-refractivity contribution in [3.8, 4) is 23.0 Å². The second kappa shape index (κ2) is 8.96. The van der Waals surface area contributed by atoms with Gasteiger partial charge in [0.2, 0.25) is 0 Å². The van der Waals surface area contributed by atoms with Crippen LogP contribution in [-0.4, -0.2) is 45.6 Å². The highest BCUT2D eigenvalue weighted by molar-refractivity contribution is 7.80. The first kappa shape index (κ1) is 21.8. The SMILES string of the molecule is COC(=O)C1=C(C)N(c2ccc3c(c2)OCCO3)C(=S)NC1c1ccc(OC)c(OC)c1. The number of carbonyl (C=O) groups excluding carboxylic acids is 1. The Morgan fingerprint density at radius 2 is 1.75 bits per heavy atom. The fourth-order valence-electron chi connectivity index (χ4n) is 3.88. The normalized spacial score (nSPS) is 17.6. The lowest BCUT2D eigenvalue weighted by molar-refractivity contribution is -0.136. The molecule has 2 heterocycles. The van der Waals surface area contributed by atoms with Crippen molar-refractivity contribution in [3.05, 3.63) is 53.2 Å². The summed E-state index contributed by atoms with van der Waals surface area (Å²) >= 11 is 5.70. The molecule has 0 amide bonds. The Balaban J connectivity index is 1.80. The van der Waals surface area contributed by atoms with Gasteiger partial charge in [-0.15, -0.1) is 0 Å².